The maximum atomic E-state index is 12.2. The van der Waals surface area contributed by atoms with E-state index in [4.69, 9.17) is 5.11 Å². The molecule has 5 nitrogen and oxygen atoms in total. The maximum Gasteiger partial charge on any atom is 0.318 e. The molecule has 0 aliphatic heterocycles. The van der Waals surface area contributed by atoms with Gasteiger partial charge < -0.3 is 5.11 Å². The van der Waals surface area contributed by atoms with Gasteiger partial charge in [-0.1, -0.05) is 29.8 Å². The van der Waals surface area contributed by atoms with Crippen LogP contribution >= 0.6 is 0 Å². The van der Waals surface area contributed by atoms with Gasteiger partial charge in [0.1, 0.15) is 6.54 Å². The van der Waals surface area contributed by atoms with Crippen molar-refractivity contribution >= 4 is 16.0 Å². The van der Waals surface area contributed by atoms with Crippen molar-refractivity contribution in [2.45, 2.75) is 32.6 Å². The number of hydrogen-bond donors (Lipinski definition) is 1. The molecule has 6 heteroatoms. The van der Waals surface area contributed by atoms with E-state index >= 15 is 0 Å². The number of benzene rings is 1. The van der Waals surface area contributed by atoms with Gasteiger partial charge in [-0.15, -0.1) is 0 Å². The molecule has 0 spiro atoms. The molecule has 0 aliphatic carbocycles. The smallest absolute Gasteiger partial charge is 0.318 e. The van der Waals surface area contributed by atoms with Crippen molar-refractivity contribution in [3.8, 4) is 0 Å². The highest BCUT2D eigenvalue weighted by Crippen LogP contribution is 2.14. The summed E-state index contributed by atoms with van der Waals surface area (Å²) in [7, 11) is -3.63. The van der Waals surface area contributed by atoms with Crippen LogP contribution in [0.2, 0.25) is 0 Å². The normalized spacial score (nSPS) is 12.1. The van der Waals surface area contributed by atoms with E-state index in [-0.39, 0.29) is 11.8 Å². The van der Waals surface area contributed by atoms with Gasteiger partial charge >= 0.3 is 5.97 Å². The van der Waals surface area contributed by atoms with Crippen LogP contribution in [0.25, 0.3) is 0 Å². The molecule has 0 amide bonds. The third-order valence-corrected chi connectivity index (χ3v) is 4.66. The summed E-state index contributed by atoms with van der Waals surface area (Å²) < 4.78 is 25.5. The molecular weight excluding hydrogens is 266 g/mol. The summed E-state index contributed by atoms with van der Waals surface area (Å²) in [5, 5.41) is 8.79. The number of carboxylic acids is 1. The van der Waals surface area contributed by atoms with Crippen molar-refractivity contribution < 1.29 is 18.3 Å². The van der Waals surface area contributed by atoms with Crippen molar-refractivity contribution in [3.63, 3.8) is 0 Å². The van der Waals surface area contributed by atoms with Gasteiger partial charge in [-0.3, -0.25) is 4.79 Å². The number of aryl methyl sites for hydroxylation is 1. The standard InChI is InChI=1S/C13H19NO4S/c1-10(2)14(8-13(15)16)19(17,18)9-12-6-4-11(3)5-7-12/h4-7,10H,8-9H2,1-3H3,(H,15,16). The predicted molar refractivity (Wildman–Crippen MR) is 73.3 cm³/mol. The molecule has 0 aliphatic rings. The Kier molecular flexibility index (Phi) is 5.08. The molecule has 19 heavy (non-hydrogen) atoms. The van der Waals surface area contributed by atoms with Crippen LogP contribution in [0.5, 0.6) is 0 Å². The summed E-state index contributed by atoms with van der Waals surface area (Å²) in [5.74, 6) is -1.33. The molecule has 1 aromatic carbocycles. The molecular formula is C13H19NO4S. The van der Waals surface area contributed by atoms with Gasteiger partial charge in [-0.2, -0.15) is 4.31 Å². The van der Waals surface area contributed by atoms with E-state index in [9.17, 15) is 13.2 Å². The Hall–Kier alpha value is -1.40. The highest BCUT2D eigenvalue weighted by Gasteiger charge is 2.27. The first kappa shape index (κ1) is 15.7. The van der Waals surface area contributed by atoms with Gasteiger partial charge in [-0.05, 0) is 26.3 Å². The average molecular weight is 285 g/mol. The monoisotopic (exact) mass is 285 g/mol. The first-order valence-electron chi connectivity index (χ1n) is 5.99. The van der Waals surface area contributed by atoms with Crippen LogP contribution in [0.3, 0.4) is 0 Å². The van der Waals surface area contributed by atoms with E-state index in [0.29, 0.717) is 5.56 Å². The topological polar surface area (TPSA) is 74.7 Å². The molecule has 0 saturated carbocycles. The minimum absolute atomic E-state index is 0.182. The van der Waals surface area contributed by atoms with Gasteiger partial charge in [0.05, 0.1) is 5.75 Å². The van der Waals surface area contributed by atoms with E-state index in [1.165, 1.54) is 0 Å². The van der Waals surface area contributed by atoms with E-state index in [1.54, 1.807) is 26.0 Å². The minimum Gasteiger partial charge on any atom is -0.480 e. The van der Waals surface area contributed by atoms with Crippen molar-refractivity contribution in [3.05, 3.63) is 35.4 Å². The molecule has 1 N–H and O–H groups in total. The quantitative estimate of drug-likeness (QED) is 0.862. The Morgan fingerprint density at radius 3 is 2.21 bits per heavy atom. The maximum absolute atomic E-state index is 12.2. The minimum atomic E-state index is -3.63. The zero-order valence-electron chi connectivity index (χ0n) is 11.3. The lowest BCUT2D eigenvalue weighted by atomic mass is 10.2. The van der Waals surface area contributed by atoms with Gasteiger partial charge in [0, 0.05) is 6.04 Å². The fraction of sp³-hybridized carbons (Fsp3) is 0.462. The second-order valence-electron chi connectivity index (χ2n) is 4.77. The van der Waals surface area contributed by atoms with Crippen LogP contribution < -0.4 is 0 Å². The lowest BCUT2D eigenvalue weighted by Gasteiger charge is -2.24. The van der Waals surface area contributed by atoms with Gasteiger partial charge in [-0.25, -0.2) is 8.42 Å². The fourth-order valence-electron chi connectivity index (χ4n) is 1.71. The summed E-state index contributed by atoms with van der Waals surface area (Å²) in [6, 6.07) is 6.77. The fourth-order valence-corrected chi connectivity index (χ4v) is 3.44. The number of rotatable bonds is 6. The number of sulfonamides is 1. The molecule has 0 unspecified atom stereocenters. The SMILES string of the molecule is Cc1ccc(CS(=O)(=O)N(CC(=O)O)C(C)C)cc1. The first-order chi connectivity index (χ1) is 8.72. The zero-order valence-corrected chi connectivity index (χ0v) is 12.1. The predicted octanol–water partition coefficient (Wildman–Crippen LogP) is 1.62. The lowest BCUT2D eigenvalue weighted by Crippen LogP contribution is -2.41. The van der Waals surface area contributed by atoms with Crippen LogP contribution in [-0.2, 0) is 20.6 Å². The van der Waals surface area contributed by atoms with Crippen LogP contribution in [0.4, 0.5) is 0 Å². The third kappa shape index (κ3) is 4.65. The summed E-state index contributed by atoms with van der Waals surface area (Å²) in [5.41, 5.74) is 1.70. The van der Waals surface area contributed by atoms with Crippen LogP contribution in [-0.4, -0.2) is 36.4 Å². The van der Waals surface area contributed by atoms with Crippen LogP contribution in [0.15, 0.2) is 24.3 Å². The van der Waals surface area contributed by atoms with E-state index < -0.39 is 22.5 Å². The molecule has 106 valence electrons. The zero-order chi connectivity index (χ0) is 14.6. The molecule has 1 aromatic rings. The molecule has 0 fully saturated rings. The summed E-state index contributed by atoms with van der Waals surface area (Å²) in [4.78, 5) is 10.8. The Labute approximate surface area is 113 Å². The first-order valence-corrected chi connectivity index (χ1v) is 7.60. The van der Waals surface area contributed by atoms with E-state index in [2.05, 4.69) is 0 Å². The molecule has 0 aromatic heterocycles. The third-order valence-electron chi connectivity index (χ3n) is 2.69. The highest BCUT2D eigenvalue weighted by atomic mass is 32.2. The summed E-state index contributed by atoms with van der Waals surface area (Å²) in [6.45, 7) is 4.74. The number of carbonyl (C=O) groups is 1. The van der Waals surface area contributed by atoms with Gasteiger partial charge in [0.15, 0.2) is 0 Å². The summed E-state index contributed by atoms with van der Waals surface area (Å²) >= 11 is 0. The number of nitrogens with zero attached hydrogens (tertiary/aromatic N) is 1. The molecule has 0 bridgehead atoms. The van der Waals surface area contributed by atoms with Gasteiger partial charge in [0.25, 0.3) is 0 Å². The molecule has 0 saturated heterocycles. The van der Waals surface area contributed by atoms with Crippen molar-refractivity contribution in [2.24, 2.45) is 0 Å². The molecule has 1 rings (SSSR count). The largest absolute Gasteiger partial charge is 0.480 e. The Balaban J connectivity index is 2.94. The Morgan fingerprint density at radius 1 is 1.26 bits per heavy atom. The Bertz CT molecular complexity index is 534. The van der Waals surface area contributed by atoms with Crippen LogP contribution in [0.1, 0.15) is 25.0 Å². The molecule has 0 heterocycles. The van der Waals surface area contributed by atoms with Gasteiger partial charge in [0.2, 0.25) is 10.0 Å². The number of carboxylic acid groups (broad SMARTS) is 1. The highest BCUT2D eigenvalue weighted by molar-refractivity contribution is 7.88. The molecule has 0 radical (unpaired) electrons. The van der Waals surface area contributed by atoms with E-state index in [0.717, 1.165) is 9.87 Å². The lowest BCUT2D eigenvalue weighted by molar-refractivity contribution is -0.137. The number of aliphatic carboxylic acids is 1. The van der Waals surface area contributed by atoms with Crippen molar-refractivity contribution in [2.75, 3.05) is 6.54 Å². The van der Waals surface area contributed by atoms with E-state index in [1.807, 2.05) is 19.1 Å². The second-order valence-corrected chi connectivity index (χ2v) is 6.70. The molecule has 0 atom stereocenters. The van der Waals surface area contributed by atoms with Crippen molar-refractivity contribution in [1.82, 2.24) is 4.31 Å². The summed E-state index contributed by atoms with van der Waals surface area (Å²) in [6.07, 6.45) is 0. The second kappa shape index (κ2) is 6.16. The Morgan fingerprint density at radius 2 is 1.79 bits per heavy atom. The van der Waals surface area contributed by atoms with Crippen molar-refractivity contribution in [1.29, 1.82) is 0 Å². The number of hydrogen-bond acceptors (Lipinski definition) is 3. The average Bonchev–Trinajstić information content (AvgIpc) is 2.28. The van der Waals surface area contributed by atoms with Crippen LogP contribution in [0, 0.1) is 6.92 Å².